The molecule has 0 saturated heterocycles. The van der Waals surface area contributed by atoms with Crippen LogP contribution in [0.3, 0.4) is 0 Å². The number of carbonyl (C=O) groups excluding carboxylic acids is 1. The third kappa shape index (κ3) is 0.869. The zero-order chi connectivity index (χ0) is 5.98. The van der Waals surface area contributed by atoms with Crippen LogP contribution in [0.4, 0.5) is 0 Å². The van der Waals surface area contributed by atoms with Crippen LogP contribution in [0, 0.1) is 0 Å². The molecule has 0 aromatic heterocycles. The predicted molar refractivity (Wildman–Crippen MR) is 25.9 cm³/mol. The van der Waals surface area contributed by atoms with Crippen LogP contribution >= 0.6 is 0 Å². The Bertz CT molecular complexity index is 137. The second kappa shape index (κ2) is 1.96. The van der Waals surface area contributed by atoms with E-state index < -0.39 is 0 Å². The van der Waals surface area contributed by atoms with Crippen LogP contribution in [0.1, 0.15) is 6.42 Å². The van der Waals surface area contributed by atoms with Crippen LogP contribution in [-0.4, -0.2) is 17.7 Å². The molecule has 0 atom stereocenters. The SMILES string of the molecule is O=C1C=C(CCO)O1. The molecule has 0 amide bonds. The molecule has 8 heavy (non-hydrogen) atoms. The maximum Gasteiger partial charge on any atom is 0.339 e. The molecule has 1 rings (SSSR count). The highest BCUT2D eigenvalue weighted by molar-refractivity contribution is 5.88. The summed E-state index contributed by atoms with van der Waals surface area (Å²) < 4.78 is 4.44. The van der Waals surface area contributed by atoms with Gasteiger partial charge < -0.3 is 9.84 Å². The van der Waals surface area contributed by atoms with Crippen molar-refractivity contribution in [3.8, 4) is 0 Å². The van der Waals surface area contributed by atoms with Gasteiger partial charge >= 0.3 is 5.97 Å². The normalized spacial score (nSPS) is 16.6. The Morgan fingerprint density at radius 2 is 2.38 bits per heavy atom. The average molecular weight is 114 g/mol. The largest absolute Gasteiger partial charge is 0.427 e. The van der Waals surface area contributed by atoms with Gasteiger partial charge in [-0.15, -0.1) is 0 Å². The lowest BCUT2D eigenvalue weighted by molar-refractivity contribution is -0.139. The van der Waals surface area contributed by atoms with Gasteiger partial charge in [-0.3, -0.25) is 0 Å². The molecular formula is C5H6O3. The van der Waals surface area contributed by atoms with Crippen molar-refractivity contribution in [2.75, 3.05) is 6.61 Å². The Morgan fingerprint density at radius 3 is 2.75 bits per heavy atom. The first kappa shape index (κ1) is 5.31. The van der Waals surface area contributed by atoms with E-state index in [9.17, 15) is 4.79 Å². The van der Waals surface area contributed by atoms with E-state index in [1.165, 1.54) is 6.08 Å². The molecule has 0 saturated carbocycles. The summed E-state index contributed by atoms with van der Waals surface area (Å²) in [4.78, 5) is 10.0. The summed E-state index contributed by atoms with van der Waals surface area (Å²) in [5.74, 6) is 0.269. The summed E-state index contributed by atoms with van der Waals surface area (Å²) >= 11 is 0. The van der Waals surface area contributed by atoms with Gasteiger partial charge in [-0.25, -0.2) is 4.79 Å². The lowest BCUT2D eigenvalue weighted by Crippen LogP contribution is -2.13. The monoisotopic (exact) mass is 114 g/mol. The fourth-order valence-electron chi connectivity index (χ4n) is 0.495. The third-order valence-corrected chi connectivity index (χ3v) is 0.869. The van der Waals surface area contributed by atoms with E-state index >= 15 is 0 Å². The minimum absolute atomic E-state index is 0.0408. The van der Waals surface area contributed by atoms with Crippen LogP contribution in [-0.2, 0) is 9.53 Å². The topological polar surface area (TPSA) is 46.5 Å². The molecule has 1 heterocycles. The minimum Gasteiger partial charge on any atom is -0.427 e. The standard InChI is InChI=1S/C5H6O3/c6-2-1-4-3-5(7)8-4/h3,6H,1-2H2. The maximum absolute atomic E-state index is 10.0. The Kier molecular flexibility index (Phi) is 1.30. The van der Waals surface area contributed by atoms with Crippen molar-refractivity contribution in [3.05, 3.63) is 11.8 Å². The number of esters is 1. The molecule has 1 aliphatic rings. The van der Waals surface area contributed by atoms with Gasteiger partial charge in [0.15, 0.2) is 0 Å². The molecule has 0 radical (unpaired) electrons. The van der Waals surface area contributed by atoms with E-state index in [-0.39, 0.29) is 12.6 Å². The average Bonchev–Trinajstić information content (AvgIpc) is 1.64. The van der Waals surface area contributed by atoms with Gasteiger partial charge in [0.1, 0.15) is 5.76 Å². The Hall–Kier alpha value is -0.830. The van der Waals surface area contributed by atoms with Crippen molar-refractivity contribution in [2.45, 2.75) is 6.42 Å². The number of aliphatic hydroxyl groups excluding tert-OH is 1. The van der Waals surface area contributed by atoms with Crippen molar-refractivity contribution < 1.29 is 14.6 Å². The summed E-state index contributed by atoms with van der Waals surface area (Å²) in [5.41, 5.74) is 0. The highest BCUT2D eigenvalue weighted by Crippen LogP contribution is 2.12. The van der Waals surface area contributed by atoms with Crippen LogP contribution in [0.5, 0.6) is 0 Å². The predicted octanol–water partition coefficient (Wildman–Crippen LogP) is -0.191. The zero-order valence-electron chi connectivity index (χ0n) is 4.26. The molecule has 3 heteroatoms. The second-order valence-electron chi connectivity index (χ2n) is 1.51. The van der Waals surface area contributed by atoms with E-state index in [1.807, 2.05) is 0 Å². The van der Waals surface area contributed by atoms with E-state index in [2.05, 4.69) is 4.74 Å². The lowest BCUT2D eigenvalue weighted by Gasteiger charge is -2.11. The summed E-state index contributed by atoms with van der Waals surface area (Å²) in [6.45, 7) is 0.0408. The molecule has 0 aromatic rings. The number of ether oxygens (including phenoxy) is 1. The van der Waals surface area contributed by atoms with Gasteiger partial charge in [-0.1, -0.05) is 0 Å². The van der Waals surface area contributed by atoms with Crippen molar-refractivity contribution in [1.29, 1.82) is 0 Å². The fourth-order valence-corrected chi connectivity index (χ4v) is 0.495. The maximum atomic E-state index is 10.0. The summed E-state index contributed by atoms with van der Waals surface area (Å²) in [6, 6.07) is 0. The number of aliphatic hydroxyl groups is 1. The number of hydrogen-bond acceptors (Lipinski definition) is 3. The Labute approximate surface area is 46.6 Å². The van der Waals surface area contributed by atoms with Crippen molar-refractivity contribution in [3.63, 3.8) is 0 Å². The van der Waals surface area contributed by atoms with Crippen molar-refractivity contribution in [2.24, 2.45) is 0 Å². The van der Waals surface area contributed by atoms with Crippen molar-refractivity contribution >= 4 is 5.97 Å². The highest BCUT2D eigenvalue weighted by atomic mass is 16.6. The minimum atomic E-state index is -0.312. The molecule has 0 unspecified atom stereocenters. The van der Waals surface area contributed by atoms with E-state index in [4.69, 9.17) is 5.11 Å². The molecule has 0 fully saturated rings. The van der Waals surface area contributed by atoms with Crippen molar-refractivity contribution in [1.82, 2.24) is 0 Å². The van der Waals surface area contributed by atoms with Gasteiger partial charge in [0.25, 0.3) is 0 Å². The molecule has 0 aliphatic carbocycles. The van der Waals surface area contributed by atoms with Crippen LogP contribution in [0.2, 0.25) is 0 Å². The first-order valence-electron chi connectivity index (χ1n) is 2.36. The van der Waals surface area contributed by atoms with Crippen LogP contribution in [0.25, 0.3) is 0 Å². The first-order valence-corrected chi connectivity index (χ1v) is 2.36. The highest BCUT2D eigenvalue weighted by Gasteiger charge is 2.14. The molecule has 3 nitrogen and oxygen atoms in total. The van der Waals surface area contributed by atoms with Crippen LogP contribution < -0.4 is 0 Å². The summed E-state index contributed by atoms with van der Waals surface area (Å²) in [5, 5.41) is 8.26. The molecule has 44 valence electrons. The Morgan fingerprint density at radius 1 is 1.75 bits per heavy atom. The van der Waals surface area contributed by atoms with E-state index in [0.717, 1.165) is 0 Å². The number of hydrogen-bond donors (Lipinski definition) is 1. The number of carbonyl (C=O) groups is 1. The fraction of sp³-hybridized carbons (Fsp3) is 0.400. The molecule has 1 N–H and O–H groups in total. The summed E-state index contributed by atoms with van der Waals surface area (Å²) in [7, 11) is 0. The molecule has 0 bridgehead atoms. The van der Waals surface area contributed by atoms with Gasteiger partial charge in [0.05, 0.1) is 12.7 Å². The van der Waals surface area contributed by atoms with E-state index in [1.54, 1.807) is 0 Å². The van der Waals surface area contributed by atoms with Gasteiger partial charge in [0.2, 0.25) is 0 Å². The van der Waals surface area contributed by atoms with Crippen LogP contribution in [0.15, 0.2) is 11.8 Å². The van der Waals surface area contributed by atoms with Gasteiger partial charge in [0, 0.05) is 6.42 Å². The molecule has 1 aliphatic heterocycles. The zero-order valence-corrected chi connectivity index (χ0v) is 4.26. The molecule has 0 spiro atoms. The van der Waals surface area contributed by atoms with Gasteiger partial charge in [-0.2, -0.15) is 0 Å². The lowest BCUT2D eigenvalue weighted by atomic mass is 10.3. The molecule has 0 aromatic carbocycles. The summed E-state index contributed by atoms with van der Waals surface area (Å²) in [6.07, 6.45) is 1.82. The third-order valence-electron chi connectivity index (χ3n) is 0.869. The van der Waals surface area contributed by atoms with E-state index in [0.29, 0.717) is 12.2 Å². The first-order chi connectivity index (χ1) is 3.83. The molecular weight excluding hydrogens is 108 g/mol. The number of rotatable bonds is 2. The number of cyclic esters (lactones) is 1. The second-order valence-corrected chi connectivity index (χ2v) is 1.51. The Balaban J connectivity index is 2.31. The van der Waals surface area contributed by atoms with Gasteiger partial charge in [-0.05, 0) is 0 Å². The smallest absolute Gasteiger partial charge is 0.339 e. The quantitative estimate of drug-likeness (QED) is 0.506.